The summed E-state index contributed by atoms with van der Waals surface area (Å²) in [5, 5.41) is -0.525. The summed E-state index contributed by atoms with van der Waals surface area (Å²) in [5.74, 6) is 0.569. The molecule has 4 nitrogen and oxygen atoms in total. The van der Waals surface area contributed by atoms with E-state index < -0.39 is 5.24 Å². The second-order valence-corrected chi connectivity index (χ2v) is 3.18. The van der Waals surface area contributed by atoms with Crippen LogP contribution in [0.2, 0.25) is 0 Å². The Morgan fingerprint density at radius 2 is 2.15 bits per heavy atom. The number of aryl methyl sites for hydroxylation is 1. The van der Waals surface area contributed by atoms with Gasteiger partial charge in [0.2, 0.25) is 5.95 Å². The first-order chi connectivity index (χ1) is 6.02. The van der Waals surface area contributed by atoms with Gasteiger partial charge in [0.1, 0.15) is 0 Å². The Kier molecular flexibility index (Phi) is 2.83. The van der Waals surface area contributed by atoms with Crippen molar-refractivity contribution >= 4 is 22.8 Å². The molecule has 1 heterocycles. The number of carbonyl (C=O) groups excluding carboxylic acids is 1. The lowest BCUT2D eigenvalue weighted by molar-refractivity contribution is 0.108. The van der Waals surface area contributed by atoms with Gasteiger partial charge in [0.25, 0.3) is 5.24 Å². The number of nitrogens with zero attached hydrogens (tertiary/aromatic N) is 3. The number of hydrogen-bond acceptors (Lipinski definition) is 4. The van der Waals surface area contributed by atoms with Crippen molar-refractivity contribution in [3.8, 4) is 0 Å². The predicted octanol–water partition coefficient (Wildman–Crippen LogP) is 1.23. The highest BCUT2D eigenvalue weighted by Crippen LogP contribution is 2.10. The lowest BCUT2D eigenvalue weighted by Gasteiger charge is -2.10. The normalized spacial score (nSPS) is 9.85. The van der Waals surface area contributed by atoms with Gasteiger partial charge in [-0.2, -0.15) is 0 Å². The molecule has 0 aliphatic heterocycles. The zero-order valence-electron chi connectivity index (χ0n) is 7.71. The molecular weight excluding hydrogens is 190 g/mol. The van der Waals surface area contributed by atoms with Crippen LogP contribution in [-0.4, -0.2) is 29.3 Å². The van der Waals surface area contributed by atoms with Crippen molar-refractivity contribution in [1.29, 1.82) is 0 Å². The molecule has 0 spiro atoms. The van der Waals surface area contributed by atoms with Crippen LogP contribution in [0.4, 0.5) is 5.95 Å². The van der Waals surface area contributed by atoms with Gasteiger partial charge in [-0.05, 0) is 18.5 Å². The van der Waals surface area contributed by atoms with Gasteiger partial charge in [0.15, 0.2) is 0 Å². The average Bonchev–Trinajstić information content (AvgIpc) is 2.03. The van der Waals surface area contributed by atoms with E-state index in [-0.39, 0.29) is 0 Å². The van der Waals surface area contributed by atoms with Crippen LogP contribution in [0.3, 0.4) is 0 Å². The van der Waals surface area contributed by atoms with E-state index in [1.54, 1.807) is 11.8 Å². The molecule has 0 aromatic carbocycles. The monoisotopic (exact) mass is 199 g/mol. The number of rotatable bonds is 2. The Balaban J connectivity index is 3.13. The first kappa shape index (κ1) is 9.92. The average molecular weight is 200 g/mol. The molecule has 0 aliphatic rings. The number of aromatic nitrogens is 2. The minimum absolute atomic E-state index is 0.354. The van der Waals surface area contributed by atoms with Gasteiger partial charge < -0.3 is 4.90 Å². The highest BCUT2D eigenvalue weighted by atomic mass is 35.5. The lowest BCUT2D eigenvalue weighted by atomic mass is 10.3. The minimum atomic E-state index is -0.525. The Morgan fingerprint density at radius 3 is 2.54 bits per heavy atom. The standard InChI is InChI=1S/C8H10ClN3O/c1-5-6(7(9)13)4-10-8(11-5)12(2)3/h4H,1-3H3. The van der Waals surface area contributed by atoms with Crippen molar-refractivity contribution in [3.63, 3.8) is 0 Å². The third-order valence-corrected chi connectivity index (χ3v) is 1.78. The Morgan fingerprint density at radius 1 is 1.54 bits per heavy atom. The van der Waals surface area contributed by atoms with Crippen molar-refractivity contribution in [3.05, 3.63) is 17.5 Å². The molecule has 13 heavy (non-hydrogen) atoms. The summed E-state index contributed by atoms with van der Waals surface area (Å²) >= 11 is 5.31. The molecule has 0 saturated carbocycles. The molecule has 0 atom stereocenters. The SMILES string of the molecule is Cc1nc(N(C)C)ncc1C(=O)Cl. The number of carbonyl (C=O) groups is 1. The molecule has 0 amide bonds. The third kappa shape index (κ3) is 2.15. The van der Waals surface area contributed by atoms with Crippen LogP contribution >= 0.6 is 11.6 Å². The first-order valence-corrected chi connectivity index (χ1v) is 4.11. The van der Waals surface area contributed by atoms with Gasteiger partial charge in [-0.3, -0.25) is 4.79 Å². The zero-order chi connectivity index (χ0) is 10.0. The van der Waals surface area contributed by atoms with Crippen LogP contribution in [0.1, 0.15) is 16.1 Å². The van der Waals surface area contributed by atoms with Crippen molar-refractivity contribution in [2.45, 2.75) is 6.92 Å². The van der Waals surface area contributed by atoms with E-state index in [0.717, 1.165) is 0 Å². The molecule has 0 N–H and O–H groups in total. The van der Waals surface area contributed by atoms with Gasteiger partial charge in [-0.25, -0.2) is 9.97 Å². The summed E-state index contributed by atoms with van der Waals surface area (Å²) in [6.07, 6.45) is 1.44. The maximum absolute atomic E-state index is 10.8. The second-order valence-electron chi connectivity index (χ2n) is 2.84. The van der Waals surface area contributed by atoms with Crippen LogP contribution < -0.4 is 4.90 Å². The van der Waals surface area contributed by atoms with Gasteiger partial charge >= 0.3 is 0 Å². The molecule has 70 valence electrons. The summed E-state index contributed by atoms with van der Waals surface area (Å²) in [7, 11) is 3.66. The molecule has 5 heteroatoms. The van der Waals surface area contributed by atoms with Gasteiger partial charge in [0, 0.05) is 20.3 Å². The van der Waals surface area contributed by atoms with Crippen molar-refractivity contribution in [1.82, 2.24) is 9.97 Å². The van der Waals surface area contributed by atoms with E-state index in [1.807, 2.05) is 14.1 Å². The van der Waals surface area contributed by atoms with Crippen LogP contribution in [0.5, 0.6) is 0 Å². The van der Waals surface area contributed by atoms with E-state index in [9.17, 15) is 4.79 Å². The number of anilines is 1. The predicted molar refractivity (Wildman–Crippen MR) is 51.3 cm³/mol. The molecule has 0 bridgehead atoms. The summed E-state index contributed by atoms with van der Waals surface area (Å²) in [4.78, 5) is 20.7. The summed E-state index contributed by atoms with van der Waals surface area (Å²) in [6, 6.07) is 0. The van der Waals surface area contributed by atoms with Gasteiger partial charge in [-0.15, -0.1) is 0 Å². The van der Waals surface area contributed by atoms with E-state index >= 15 is 0 Å². The summed E-state index contributed by atoms with van der Waals surface area (Å²) in [5.41, 5.74) is 0.950. The van der Waals surface area contributed by atoms with Crippen LogP contribution in [0, 0.1) is 6.92 Å². The molecule has 1 aromatic rings. The largest absolute Gasteiger partial charge is 0.347 e. The maximum Gasteiger partial charge on any atom is 0.255 e. The Hall–Kier alpha value is -1.16. The molecule has 0 fully saturated rings. The fourth-order valence-electron chi connectivity index (χ4n) is 0.863. The summed E-state index contributed by atoms with van der Waals surface area (Å²) in [6.45, 7) is 1.73. The molecule has 0 unspecified atom stereocenters. The van der Waals surface area contributed by atoms with E-state index in [0.29, 0.717) is 17.2 Å². The Bertz CT molecular complexity index is 338. The fraction of sp³-hybridized carbons (Fsp3) is 0.375. The van der Waals surface area contributed by atoms with Crippen molar-refractivity contribution in [2.75, 3.05) is 19.0 Å². The minimum Gasteiger partial charge on any atom is -0.347 e. The van der Waals surface area contributed by atoms with E-state index in [2.05, 4.69) is 9.97 Å². The third-order valence-electron chi connectivity index (χ3n) is 1.58. The highest BCUT2D eigenvalue weighted by Gasteiger charge is 2.09. The smallest absolute Gasteiger partial charge is 0.255 e. The van der Waals surface area contributed by atoms with Gasteiger partial charge in [0.05, 0.1) is 11.3 Å². The fourth-order valence-corrected chi connectivity index (χ4v) is 1.05. The van der Waals surface area contributed by atoms with Crippen LogP contribution in [0.15, 0.2) is 6.20 Å². The molecule has 0 radical (unpaired) electrons. The highest BCUT2D eigenvalue weighted by molar-refractivity contribution is 6.67. The number of hydrogen-bond donors (Lipinski definition) is 0. The molecule has 1 rings (SSSR count). The van der Waals surface area contributed by atoms with Crippen LogP contribution in [-0.2, 0) is 0 Å². The summed E-state index contributed by atoms with van der Waals surface area (Å²) < 4.78 is 0. The van der Waals surface area contributed by atoms with Crippen molar-refractivity contribution < 1.29 is 4.79 Å². The second kappa shape index (κ2) is 3.70. The molecule has 1 aromatic heterocycles. The van der Waals surface area contributed by atoms with Gasteiger partial charge in [-0.1, -0.05) is 0 Å². The molecular formula is C8H10ClN3O. The topological polar surface area (TPSA) is 46.1 Å². The van der Waals surface area contributed by atoms with E-state index in [1.165, 1.54) is 6.20 Å². The van der Waals surface area contributed by atoms with E-state index in [4.69, 9.17) is 11.6 Å². The maximum atomic E-state index is 10.8. The van der Waals surface area contributed by atoms with Crippen molar-refractivity contribution in [2.24, 2.45) is 0 Å². The zero-order valence-corrected chi connectivity index (χ0v) is 8.46. The molecule has 0 saturated heterocycles. The lowest BCUT2D eigenvalue weighted by Crippen LogP contribution is -2.14. The van der Waals surface area contributed by atoms with Crippen LogP contribution in [0.25, 0.3) is 0 Å². The quantitative estimate of drug-likeness (QED) is 0.673. The Labute approximate surface area is 81.6 Å². The number of halogens is 1. The molecule has 0 aliphatic carbocycles. The first-order valence-electron chi connectivity index (χ1n) is 3.73.